The van der Waals surface area contributed by atoms with Gasteiger partial charge in [0.15, 0.2) is 11.9 Å². The molecule has 3 heterocycles. The van der Waals surface area contributed by atoms with Crippen LogP contribution in [0, 0.1) is 0 Å². The van der Waals surface area contributed by atoms with Gasteiger partial charge in [0.2, 0.25) is 0 Å². The van der Waals surface area contributed by atoms with E-state index in [1.165, 1.54) is 16.6 Å². The Morgan fingerprint density at radius 1 is 1.33 bits per heavy atom. The Morgan fingerprint density at radius 3 is 2.79 bits per heavy atom. The minimum Gasteiger partial charge on any atom is -0.394 e. The van der Waals surface area contributed by atoms with Gasteiger partial charge in [-0.25, -0.2) is 14.6 Å². The van der Waals surface area contributed by atoms with E-state index in [2.05, 4.69) is 20.4 Å². The van der Waals surface area contributed by atoms with Gasteiger partial charge in [-0.3, -0.25) is 0 Å². The summed E-state index contributed by atoms with van der Waals surface area (Å²) in [5.41, 5.74) is 1.66. The lowest BCUT2D eigenvalue weighted by atomic mass is 10.1. The quantitative estimate of drug-likeness (QED) is 0.554. The first-order valence-corrected chi connectivity index (χ1v) is 7.71. The molecule has 2 aromatic heterocycles. The number of aliphatic hydroxyl groups is 3. The molecular formula is C15H21N5O4. The number of aromatic nitrogens is 4. The summed E-state index contributed by atoms with van der Waals surface area (Å²) in [6.07, 6.45) is 0.835. The van der Waals surface area contributed by atoms with Crippen LogP contribution in [0.5, 0.6) is 0 Å². The molecule has 0 aromatic carbocycles. The summed E-state index contributed by atoms with van der Waals surface area (Å²) in [5, 5.41) is 37.3. The maximum Gasteiger partial charge on any atom is 0.181 e. The minimum absolute atomic E-state index is 0.390. The normalized spacial score (nSPS) is 26.7. The van der Waals surface area contributed by atoms with Gasteiger partial charge < -0.3 is 25.4 Å². The molecule has 0 bridgehead atoms. The summed E-state index contributed by atoms with van der Waals surface area (Å²) in [6.45, 7) is 4.25. The van der Waals surface area contributed by atoms with E-state index in [-0.39, 0.29) is 0 Å². The van der Waals surface area contributed by atoms with Crippen molar-refractivity contribution in [3.8, 4) is 0 Å². The summed E-state index contributed by atoms with van der Waals surface area (Å²) in [4.78, 5) is 8.41. The number of allylic oxidation sites excluding steroid dienone is 1. The first-order valence-electron chi connectivity index (χ1n) is 7.71. The largest absolute Gasteiger partial charge is 0.394 e. The number of ether oxygens (including phenoxy) is 1. The summed E-state index contributed by atoms with van der Waals surface area (Å²) in [6, 6.07) is 0. The second kappa shape index (κ2) is 6.81. The Balaban J connectivity index is 1.90. The van der Waals surface area contributed by atoms with Crippen LogP contribution in [0.4, 0.5) is 5.82 Å². The average Bonchev–Trinajstić information content (AvgIpc) is 3.10. The topological polar surface area (TPSA) is 126 Å². The fraction of sp³-hybridized carbons (Fsp3) is 0.533. The van der Waals surface area contributed by atoms with Gasteiger partial charge in [-0.05, 0) is 13.8 Å². The molecular weight excluding hydrogens is 314 g/mol. The average molecular weight is 335 g/mol. The van der Waals surface area contributed by atoms with E-state index in [9.17, 15) is 15.3 Å². The van der Waals surface area contributed by atoms with Crippen LogP contribution in [0.25, 0.3) is 11.0 Å². The number of nitrogens with one attached hydrogen (secondary N) is 1. The Kier molecular flexibility index (Phi) is 4.76. The van der Waals surface area contributed by atoms with Crippen molar-refractivity contribution >= 4 is 16.9 Å². The maximum atomic E-state index is 10.1. The Hall–Kier alpha value is -2.07. The van der Waals surface area contributed by atoms with Gasteiger partial charge in [0, 0.05) is 6.54 Å². The molecule has 9 nitrogen and oxygen atoms in total. The summed E-state index contributed by atoms with van der Waals surface area (Å²) < 4.78 is 6.90. The monoisotopic (exact) mass is 335 g/mol. The SMILES string of the molecule is CC(C)=CCNc1ncnc2c1cnn2C1OC(CO)C(O)C1O. The zero-order valence-corrected chi connectivity index (χ0v) is 13.5. The van der Waals surface area contributed by atoms with E-state index in [4.69, 9.17) is 4.74 Å². The first kappa shape index (κ1) is 16.8. The van der Waals surface area contributed by atoms with Crippen molar-refractivity contribution in [1.29, 1.82) is 0 Å². The van der Waals surface area contributed by atoms with E-state index in [1.807, 2.05) is 19.9 Å². The van der Waals surface area contributed by atoms with Crippen LogP contribution in [0.2, 0.25) is 0 Å². The third-order valence-electron chi connectivity index (χ3n) is 3.93. The van der Waals surface area contributed by atoms with Crippen molar-refractivity contribution in [3.63, 3.8) is 0 Å². The lowest BCUT2D eigenvalue weighted by Gasteiger charge is -2.15. The van der Waals surface area contributed by atoms with Crippen LogP contribution in [0.1, 0.15) is 20.1 Å². The molecule has 9 heteroatoms. The molecule has 0 saturated carbocycles. The molecule has 3 rings (SSSR count). The Labute approximate surface area is 138 Å². The van der Waals surface area contributed by atoms with Crippen molar-refractivity contribution in [2.45, 2.75) is 38.4 Å². The molecule has 0 amide bonds. The van der Waals surface area contributed by atoms with Gasteiger partial charge in [-0.1, -0.05) is 11.6 Å². The zero-order valence-electron chi connectivity index (χ0n) is 13.5. The molecule has 0 aliphatic carbocycles. The third kappa shape index (κ3) is 2.98. The summed E-state index contributed by atoms with van der Waals surface area (Å²) in [7, 11) is 0. The molecule has 1 aliphatic heterocycles. The van der Waals surface area contributed by atoms with Crippen molar-refractivity contribution in [2.75, 3.05) is 18.5 Å². The van der Waals surface area contributed by atoms with Crippen molar-refractivity contribution in [3.05, 3.63) is 24.2 Å². The standard InChI is InChI=1S/C15H21N5O4/c1-8(2)3-4-16-13-9-5-19-20(14(9)18-7-17-13)15-12(23)11(22)10(6-21)24-15/h3,5,7,10-12,15,21-23H,4,6H2,1-2H3,(H,16,17,18). The van der Waals surface area contributed by atoms with Crippen LogP contribution in [0.15, 0.2) is 24.2 Å². The van der Waals surface area contributed by atoms with Gasteiger partial charge >= 0.3 is 0 Å². The molecule has 2 aromatic rings. The van der Waals surface area contributed by atoms with E-state index in [0.29, 0.717) is 23.4 Å². The molecule has 130 valence electrons. The predicted octanol–water partition coefficient (Wildman–Crippen LogP) is -0.184. The van der Waals surface area contributed by atoms with E-state index >= 15 is 0 Å². The molecule has 0 spiro atoms. The number of fused-ring (bicyclic) bond motifs is 1. The first-order chi connectivity index (χ1) is 11.5. The number of aliphatic hydroxyl groups excluding tert-OH is 3. The highest BCUT2D eigenvalue weighted by Crippen LogP contribution is 2.31. The van der Waals surface area contributed by atoms with Crippen molar-refractivity contribution in [2.24, 2.45) is 0 Å². The highest BCUT2D eigenvalue weighted by molar-refractivity contribution is 5.86. The lowest BCUT2D eigenvalue weighted by molar-refractivity contribution is -0.0566. The van der Waals surface area contributed by atoms with Gasteiger partial charge in [0.05, 0.1) is 18.2 Å². The Morgan fingerprint density at radius 2 is 2.12 bits per heavy atom. The van der Waals surface area contributed by atoms with E-state index < -0.39 is 31.1 Å². The summed E-state index contributed by atoms with van der Waals surface area (Å²) in [5.74, 6) is 0.621. The van der Waals surface area contributed by atoms with E-state index in [0.717, 1.165) is 0 Å². The second-order valence-corrected chi connectivity index (χ2v) is 5.94. The number of anilines is 1. The number of rotatable bonds is 5. The molecule has 24 heavy (non-hydrogen) atoms. The van der Waals surface area contributed by atoms with Crippen molar-refractivity contribution in [1.82, 2.24) is 19.7 Å². The fourth-order valence-electron chi connectivity index (χ4n) is 2.62. The molecule has 1 saturated heterocycles. The van der Waals surface area contributed by atoms with Crippen molar-refractivity contribution < 1.29 is 20.1 Å². The molecule has 4 unspecified atom stereocenters. The fourth-order valence-corrected chi connectivity index (χ4v) is 2.62. The minimum atomic E-state index is -1.21. The molecule has 4 N–H and O–H groups in total. The van der Waals surface area contributed by atoms with Crippen LogP contribution >= 0.6 is 0 Å². The summed E-state index contributed by atoms with van der Waals surface area (Å²) >= 11 is 0. The number of nitrogens with zero attached hydrogens (tertiary/aromatic N) is 4. The number of hydrogen-bond acceptors (Lipinski definition) is 8. The second-order valence-electron chi connectivity index (χ2n) is 5.94. The zero-order chi connectivity index (χ0) is 17.3. The Bertz CT molecular complexity index is 743. The smallest absolute Gasteiger partial charge is 0.181 e. The van der Waals surface area contributed by atoms with Crippen LogP contribution in [-0.4, -0.2) is 66.5 Å². The van der Waals surface area contributed by atoms with Crippen LogP contribution < -0.4 is 5.32 Å². The maximum absolute atomic E-state index is 10.1. The highest BCUT2D eigenvalue weighted by Gasteiger charge is 2.44. The molecule has 1 aliphatic rings. The van der Waals surface area contributed by atoms with Gasteiger partial charge in [0.25, 0.3) is 0 Å². The van der Waals surface area contributed by atoms with Gasteiger partial charge in [0.1, 0.15) is 30.5 Å². The lowest BCUT2D eigenvalue weighted by Crippen LogP contribution is -2.33. The molecule has 0 radical (unpaired) electrons. The predicted molar refractivity (Wildman–Crippen MR) is 86.3 cm³/mol. The van der Waals surface area contributed by atoms with Gasteiger partial charge in [-0.2, -0.15) is 5.10 Å². The van der Waals surface area contributed by atoms with Crippen LogP contribution in [0.3, 0.4) is 0 Å². The highest BCUT2D eigenvalue weighted by atomic mass is 16.6. The van der Waals surface area contributed by atoms with E-state index in [1.54, 1.807) is 6.20 Å². The van der Waals surface area contributed by atoms with Crippen LogP contribution in [-0.2, 0) is 4.74 Å². The molecule has 1 fully saturated rings. The molecule has 4 atom stereocenters. The number of hydrogen-bond donors (Lipinski definition) is 4. The third-order valence-corrected chi connectivity index (χ3v) is 3.93. The van der Waals surface area contributed by atoms with Gasteiger partial charge in [-0.15, -0.1) is 0 Å².